The molecule has 0 spiro atoms. The molecule has 2 heteroatoms. The zero-order valence-corrected chi connectivity index (χ0v) is 10.3. The average molecular weight is 221 g/mol. The van der Waals surface area contributed by atoms with Gasteiger partial charge < -0.3 is 5.32 Å². The number of hydrogen-bond donors (Lipinski definition) is 1. The van der Waals surface area contributed by atoms with Gasteiger partial charge in [0.2, 0.25) is 0 Å². The highest BCUT2D eigenvalue weighted by Crippen LogP contribution is 2.57. The lowest BCUT2D eigenvalue weighted by Crippen LogP contribution is -2.24. The zero-order valence-electron chi connectivity index (χ0n) is 10.3. The van der Waals surface area contributed by atoms with E-state index < -0.39 is 0 Å². The fourth-order valence-electron chi connectivity index (χ4n) is 2.49. The van der Waals surface area contributed by atoms with Crippen molar-refractivity contribution in [2.24, 2.45) is 11.3 Å². The summed E-state index contributed by atoms with van der Waals surface area (Å²) in [7, 11) is 0. The van der Waals surface area contributed by atoms with Crippen molar-refractivity contribution in [1.29, 1.82) is 0 Å². The topological polar surface area (TPSA) is 12.0 Å². The van der Waals surface area contributed by atoms with Crippen LogP contribution in [-0.4, -0.2) is 6.54 Å². The van der Waals surface area contributed by atoms with Crippen molar-refractivity contribution in [2.75, 3.05) is 6.54 Å². The van der Waals surface area contributed by atoms with Gasteiger partial charge in [-0.1, -0.05) is 32.9 Å². The van der Waals surface area contributed by atoms with E-state index in [0.717, 1.165) is 12.1 Å². The van der Waals surface area contributed by atoms with Crippen LogP contribution in [0.2, 0.25) is 0 Å². The van der Waals surface area contributed by atoms with Gasteiger partial charge in [-0.15, -0.1) is 0 Å². The van der Waals surface area contributed by atoms with Crippen molar-refractivity contribution in [3.8, 4) is 0 Å². The molecule has 16 heavy (non-hydrogen) atoms. The molecule has 2 rings (SSSR count). The van der Waals surface area contributed by atoms with Crippen LogP contribution in [-0.2, 0) is 0 Å². The van der Waals surface area contributed by atoms with Gasteiger partial charge in [0, 0.05) is 6.04 Å². The predicted octanol–water partition coefficient (Wildman–Crippen LogP) is 3.52. The minimum absolute atomic E-state index is 0.140. The largest absolute Gasteiger partial charge is 0.310 e. The Balaban J connectivity index is 2.20. The SMILES string of the molecule is CCNC(c1cccc(F)c1)C1CC1(C)C. The fraction of sp³-hybridized carbons (Fsp3) is 0.571. The maximum absolute atomic E-state index is 13.2. The van der Waals surface area contributed by atoms with Gasteiger partial charge in [0.1, 0.15) is 5.82 Å². The van der Waals surface area contributed by atoms with Crippen LogP contribution in [0.4, 0.5) is 4.39 Å². The van der Waals surface area contributed by atoms with Crippen molar-refractivity contribution in [2.45, 2.75) is 33.2 Å². The van der Waals surface area contributed by atoms with Crippen LogP contribution in [0.25, 0.3) is 0 Å². The lowest BCUT2D eigenvalue weighted by atomic mass is 9.97. The first-order valence-corrected chi connectivity index (χ1v) is 6.03. The first kappa shape index (κ1) is 11.6. The quantitative estimate of drug-likeness (QED) is 0.820. The van der Waals surface area contributed by atoms with Crippen molar-refractivity contribution >= 4 is 0 Å². The molecule has 0 bridgehead atoms. The van der Waals surface area contributed by atoms with Crippen LogP contribution in [0, 0.1) is 17.2 Å². The summed E-state index contributed by atoms with van der Waals surface area (Å²) in [6.45, 7) is 7.58. The molecular formula is C14H20FN. The van der Waals surface area contributed by atoms with E-state index in [0.29, 0.717) is 17.4 Å². The van der Waals surface area contributed by atoms with E-state index >= 15 is 0 Å². The first-order valence-electron chi connectivity index (χ1n) is 6.03. The number of hydrogen-bond acceptors (Lipinski definition) is 1. The Hall–Kier alpha value is -0.890. The second kappa shape index (κ2) is 4.17. The Bertz CT molecular complexity index is 373. The summed E-state index contributed by atoms with van der Waals surface area (Å²) >= 11 is 0. The second-order valence-electron chi connectivity index (χ2n) is 5.39. The maximum Gasteiger partial charge on any atom is 0.123 e. The average Bonchev–Trinajstić information content (AvgIpc) is 2.84. The van der Waals surface area contributed by atoms with E-state index in [-0.39, 0.29) is 5.82 Å². The highest BCUT2D eigenvalue weighted by atomic mass is 19.1. The summed E-state index contributed by atoms with van der Waals surface area (Å²) in [4.78, 5) is 0. The van der Waals surface area contributed by atoms with Gasteiger partial charge in [0.05, 0.1) is 0 Å². The molecule has 1 aliphatic carbocycles. The predicted molar refractivity (Wildman–Crippen MR) is 64.7 cm³/mol. The summed E-state index contributed by atoms with van der Waals surface area (Å²) < 4.78 is 13.2. The minimum atomic E-state index is -0.140. The summed E-state index contributed by atoms with van der Waals surface area (Å²) in [6, 6.07) is 7.28. The van der Waals surface area contributed by atoms with Gasteiger partial charge in [0.25, 0.3) is 0 Å². The Morgan fingerprint density at radius 2 is 2.19 bits per heavy atom. The molecule has 1 saturated carbocycles. The Kier molecular flexibility index (Phi) is 3.02. The molecule has 0 heterocycles. The lowest BCUT2D eigenvalue weighted by Gasteiger charge is -2.20. The third-order valence-corrected chi connectivity index (χ3v) is 3.62. The minimum Gasteiger partial charge on any atom is -0.310 e. The van der Waals surface area contributed by atoms with E-state index in [4.69, 9.17) is 0 Å². The third kappa shape index (κ3) is 2.27. The molecule has 1 aromatic carbocycles. The summed E-state index contributed by atoms with van der Waals surface area (Å²) in [5.74, 6) is 0.494. The molecule has 1 aliphatic rings. The molecule has 1 fully saturated rings. The van der Waals surface area contributed by atoms with Crippen LogP contribution in [0.15, 0.2) is 24.3 Å². The lowest BCUT2D eigenvalue weighted by molar-refractivity contribution is 0.422. The molecule has 1 aromatic rings. The third-order valence-electron chi connectivity index (χ3n) is 3.62. The van der Waals surface area contributed by atoms with Crippen LogP contribution < -0.4 is 5.32 Å². The van der Waals surface area contributed by atoms with Crippen molar-refractivity contribution in [3.05, 3.63) is 35.6 Å². The number of halogens is 1. The fourth-order valence-corrected chi connectivity index (χ4v) is 2.49. The van der Waals surface area contributed by atoms with Crippen LogP contribution in [0.5, 0.6) is 0 Å². The highest BCUT2D eigenvalue weighted by molar-refractivity contribution is 5.24. The van der Waals surface area contributed by atoms with Gasteiger partial charge in [-0.25, -0.2) is 4.39 Å². The molecular weight excluding hydrogens is 201 g/mol. The van der Waals surface area contributed by atoms with E-state index in [1.54, 1.807) is 12.1 Å². The first-order chi connectivity index (χ1) is 7.54. The molecule has 0 aliphatic heterocycles. The van der Waals surface area contributed by atoms with Gasteiger partial charge in [-0.3, -0.25) is 0 Å². The molecule has 2 atom stereocenters. The summed E-state index contributed by atoms with van der Waals surface area (Å²) in [6.07, 6.45) is 1.22. The van der Waals surface area contributed by atoms with Crippen LogP contribution >= 0.6 is 0 Å². The van der Waals surface area contributed by atoms with E-state index in [1.807, 2.05) is 6.07 Å². The highest BCUT2D eigenvalue weighted by Gasteiger charge is 2.50. The van der Waals surface area contributed by atoms with Crippen LogP contribution in [0.3, 0.4) is 0 Å². The van der Waals surface area contributed by atoms with Crippen molar-refractivity contribution in [1.82, 2.24) is 5.32 Å². The Labute approximate surface area is 97.1 Å². The molecule has 0 radical (unpaired) electrons. The van der Waals surface area contributed by atoms with E-state index in [2.05, 4.69) is 26.1 Å². The van der Waals surface area contributed by atoms with Gasteiger partial charge in [-0.2, -0.15) is 0 Å². The zero-order chi connectivity index (χ0) is 11.8. The molecule has 0 amide bonds. The van der Waals surface area contributed by atoms with Crippen molar-refractivity contribution in [3.63, 3.8) is 0 Å². The van der Waals surface area contributed by atoms with E-state index in [9.17, 15) is 4.39 Å². The normalized spacial score (nSPS) is 24.1. The number of nitrogens with one attached hydrogen (secondary N) is 1. The second-order valence-corrected chi connectivity index (χ2v) is 5.39. The van der Waals surface area contributed by atoms with E-state index in [1.165, 1.54) is 12.5 Å². The molecule has 0 aromatic heterocycles. The molecule has 2 unspecified atom stereocenters. The maximum atomic E-state index is 13.2. The molecule has 88 valence electrons. The van der Waals surface area contributed by atoms with Gasteiger partial charge in [-0.05, 0) is 42.0 Å². The Morgan fingerprint density at radius 1 is 1.50 bits per heavy atom. The summed E-state index contributed by atoms with van der Waals surface area (Å²) in [5, 5.41) is 3.48. The standard InChI is InChI=1S/C14H20FN/c1-4-16-13(12-9-14(12,2)3)10-6-5-7-11(15)8-10/h5-8,12-13,16H,4,9H2,1-3H3. The number of benzene rings is 1. The number of rotatable bonds is 4. The summed E-state index contributed by atoms with van der Waals surface area (Å²) in [5.41, 5.74) is 1.48. The van der Waals surface area contributed by atoms with Gasteiger partial charge >= 0.3 is 0 Å². The molecule has 1 N–H and O–H groups in total. The molecule has 0 saturated heterocycles. The monoisotopic (exact) mass is 221 g/mol. The van der Waals surface area contributed by atoms with Gasteiger partial charge in [0.15, 0.2) is 0 Å². The van der Waals surface area contributed by atoms with Crippen LogP contribution in [0.1, 0.15) is 38.8 Å². The molecule has 1 nitrogen and oxygen atoms in total. The smallest absolute Gasteiger partial charge is 0.123 e. The Morgan fingerprint density at radius 3 is 2.69 bits per heavy atom. The van der Waals surface area contributed by atoms with Crippen molar-refractivity contribution < 1.29 is 4.39 Å².